The lowest BCUT2D eigenvalue weighted by molar-refractivity contribution is 0.585. The Balaban J connectivity index is 0.000000704. The van der Waals surface area contributed by atoms with Crippen LogP contribution in [0.2, 0.25) is 0 Å². The topological polar surface area (TPSA) is 48.1 Å². The van der Waals surface area contributed by atoms with Crippen LogP contribution in [0, 0.1) is 6.92 Å². The van der Waals surface area contributed by atoms with E-state index in [1.807, 2.05) is 32.9 Å². The normalized spacial score (nSPS) is 14.8. The molecule has 0 atom stereocenters. The van der Waals surface area contributed by atoms with Gasteiger partial charge >= 0.3 is 0 Å². The van der Waals surface area contributed by atoms with Gasteiger partial charge < -0.3 is 15.2 Å². The minimum absolute atomic E-state index is 0.000956. The van der Waals surface area contributed by atoms with E-state index in [0.717, 1.165) is 42.8 Å². The molecule has 20 heavy (non-hydrogen) atoms. The minimum atomic E-state index is 0.000956. The number of aromatic nitrogens is 1. The van der Waals surface area contributed by atoms with Crippen LogP contribution in [-0.4, -0.2) is 31.2 Å². The molecule has 0 unspecified atom stereocenters. The Morgan fingerprint density at radius 1 is 1.10 bits per heavy atom. The van der Waals surface area contributed by atoms with Gasteiger partial charge in [0.25, 0.3) is 5.56 Å². The summed E-state index contributed by atoms with van der Waals surface area (Å²) in [6, 6.07) is 8.01. The zero-order valence-electron chi connectivity index (χ0n) is 12.5. The smallest absolute Gasteiger partial charge is 0.257 e. The van der Waals surface area contributed by atoms with E-state index in [-0.39, 0.29) is 5.56 Å². The van der Waals surface area contributed by atoms with Gasteiger partial charge in [-0.2, -0.15) is 0 Å². The van der Waals surface area contributed by atoms with Gasteiger partial charge in [0.05, 0.1) is 0 Å². The van der Waals surface area contributed by atoms with Gasteiger partial charge in [-0.3, -0.25) is 4.79 Å². The number of fused-ring (bicyclic) bond motifs is 1. The first kappa shape index (κ1) is 14.6. The van der Waals surface area contributed by atoms with E-state index in [4.69, 9.17) is 0 Å². The number of anilines is 1. The monoisotopic (exact) mass is 273 g/mol. The molecule has 1 aliphatic rings. The predicted molar refractivity (Wildman–Crippen MR) is 85.7 cm³/mol. The molecule has 2 heterocycles. The molecule has 4 nitrogen and oxygen atoms in total. The molecule has 1 aliphatic heterocycles. The number of benzene rings is 1. The van der Waals surface area contributed by atoms with Crippen molar-refractivity contribution >= 4 is 16.6 Å². The van der Waals surface area contributed by atoms with E-state index < -0.39 is 0 Å². The maximum Gasteiger partial charge on any atom is 0.257 e. The Hall–Kier alpha value is -1.81. The Labute approximate surface area is 119 Å². The fourth-order valence-electron chi connectivity index (χ4n) is 2.45. The van der Waals surface area contributed by atoms with Crippen LogP contribution >= 0.6 is 0 Å². The SMILES string of the molecule is CC.Cc1ccc2c(=O)[nH]c(N3CCNCC3)cc2c1. The lowest BCUT2D eigenvalue weighted by atomic mass is 10.1. The highest BCUT2D eigenvalue weighted by molar-refractivity contribution is 5.84. The van der Waals surface area contributed by atoms with Crippen molar-refractivity contribution in [1.82, 2.24) is 10.3 Å². The van der Waals surface area contributed by atoms with Gasteiger partial charge in [0, 0.05) is 31.6 Å². The second-order valence-corrected chi connectivity index (χ2v) is 4.81. The Morgan fingerprint density at radius 3 is 2.50 bits per heavy atom. The second-order valence-electron chi connectivity index (χ2n) is 4.81. The van der Waals surface area contributed by atoms with Crippen molar-refractivity contribution in [3.05, 3.63) is 40.2 Å². The van der Waals surface area contributed by atoms with Crippen LogP contribution < -0.4 is 15.8 Å². The lowest BCUT2D eigenvalue weighted by Crippen LogP contribution is -2.44. The molecule has 4 heteroatoms. The average molecular weight is 273 g/mol. The third-order valence-electron chi connectivity index (χ3n) is 3.44. The number of nitrogens with one attached hydrogen (secondary N) is 2. The van der Waals surface area contributed by atoms with E-state index in [1.54, 1.807) is 0 Å². The first-order valence-electron chi connectivity index (χ1n) is 7.33. The molecule has 1 fully saturated rings. The summed E-state index contributed by atoms with van der Waals surface area (Å²) < 4.78 is 0. The predicted octanol–water partition coefficient (Wildman–Crippen LogP) is 2.27. The van der Waals surface area contributed by atoms with Crippen molar-refractivity contribution in [3.63, 3.8) is 0 Å². The number of aryl methyl sites for hydroxylation is 1. The number of aromatic amines is 1. The van der Waals surface area contributed by atoms with Crippen molar-refractivity contribution in [2.24, 2.45) is 0 Å². The lowest BCUT2D eigenvalue weighted by Gasteiger charge is -2.29. The molecule has 2 N–H and O–H groups in total. The molecule has 0 bridgehead atoms. The van der Waals surface area contributed by atoms with Crippen molar-refractivity contribution < 1.29 is 0 Å². The Bertz CT molecular complexity index is 627. The number of piperazine rings is 1. The molecular formula is C16H23N3O. The zero-order chi connectivity index (χ0) is 14.5. The first-order valence-corrected chi connectivity index (χ1v) is 7.33. The van der Waals surface area contributed by atoms with Crippen LogP contribution in [-0.2, 0) is 0 Å². The molecule has 0 saturated carbocycles. The maximum absolute atomic E-state index is 12.1. The summed E-state index contributed by atoms with van der Waals surface area (Å²) in [5.74, 6) is 0.930. The largest absolute Gasteiger partial charge is 0.356 e. The van der Waals surface area contributed by atoms with Crippen LogP contribution in [0.3, 0.4) is 0 Å². The summed E-state index contributed by atoms with van der Waals surface area (Å²) in [6.07, 6.45) is 0. The zero-order valence-corrected chi connectivity index (χ0v) is 12.5. The van der Waals surface area contributed by atoms with Gasteiger partial charge in [-0.15, -0.1) is 0 Å². The molecule has 1 saturated heterocycles. The summed E-state index contributed by atoms with van der Waals surface area (Å²) in [4.78, 5) is 17.3. The van der Waals surface area contributed by atoms with Crippen LogP contribution in [0.1, 0.15) is 19.4 Å². The van der Waals surface area contributed by atoms with Crippen molar-refractivity contribution in [2.75, 3.05) is 31.1 Å². The van der Waals surface area contributed by atoms with Gasteiger partial charge in [0.2, 0.25) is 0 Å². The molecule has 0 radical (unpaired) electrons. The molecule has 1 aromatic carbocycles. The van der Waals surface area contributed by atoms with E-state index in [9.17, 15) is 4.79 Å². The third kappa shape index (κ3) is 3.02. The van der Waals surface area contributed by atoms with Gasteiger partial charge in [-0.25, -0.2) is 0 Å². The van der Waals surface area contributed by atoms with Crippen LogP contribution in [0.4, 0.5) is 5.82 Å². The highest BCUT2D eigenvalue weighted by Gasteiger charge is 2.12. The molecular weight excluding hydrogens is 250 g/mol. The van der Waals surface area contributed by atoms with Crippen LogP contribution in [0.25, 0.3) is 10.8 Å². The van der Waals surface area contributed by atoms with E-state index in [1.165, 1.54) is 5.56 Å². The molecule has 0 spiro atoms. The van der Waals surface area contributed by atoms with Crippen molar-refractivity contribution in [1.29, 1.82) is 0 Å². The molecule has 3 rings (SSSR count). The molecule has 2 aromatic rings. The summed E-state index contributed by atoms with van der Waals surface area (Å²) in [5, 5.41) is 5.10. The van der Waals surface area contributed by atoms with E-state index >= 15 is 0 Å². The number of hydrogen-bond acceptors (Lipinski definition) is 3. The highest BCUT2D eigenvalue weighted by atomic mass is 16.1. The van der Waals surface area contributed by atoms with Gasteiger partial charge in [0.15, 0.2) is 0 Å². The number of H-pyrrole nitrogens is 1. The number of hydrogen-bond donors (Lipinski definition) is 2. The number of nitrogens with zero attached hydrogens (tertiary/aromatic N) is 1. The van der Waals surface area contributed by atoms with Gasteiger partial charge in [0.1, 0.15) is 5.82 Å². The summed E-state index contributed by atoms with van der Waals surface area (Å²) >= 11 is 0. The Morgan fingerprint density at radius 2 is 1.80 bits per heavy atom. The summed E-state index contributed by atoms with van der Waals surface area (Å²) in [6.45, 7) is 9.85. The minimum Gasteiger partial charge on any atom is -0.356 e. The van der Waals surface area contributed by atoms with E-state index in [2.05, 4.69) is 27.3 Å². The quantitative estimate of drug-likeness (QED) is 0.838. The molecule has 0 amide bonds. The van der Waals surface area contributed by atoms with Crippen LogP contribution in [0.5, 0.6) is 0 Å². The summed E-state index contributed by atoms with van der Waals surface area (Å²) in [7, 11) is 0. The molecule has 0 aliphatic carbocycles. The first-order chi connectivity index (χ1) is 9.74. The maximum atomic E-state index is 12.1. The molecule has 108 valence electrons. The standard InChI is InChI=1S/C14H17N3O.C2H6/c1-10-2-3-12-11(8-10)9-13(16-14(12)18)17-6-4-15-5-7-17;1-2/h2-3,8-9,15H,4-7H2,1H3,(H,16,18);1-2H3. The second kappa shape index (κ2) is 6.57. The Kier molecular flexibility index (Phi) is 4.79. The van der Waals surface area contributed by atoms with Crippen molar-refractivity contribution in [2.45, 2.75) is 20.8 Å². The third-order valence-corrected chi connectivity index (χ3v) is 3.44. The fourth-order valence-corrected chi connectivity index (χ4v) is 2.45. The van der Waals surface area contributed by atoms with Gasteiger partial charge in [-0.1, -0.05) is 31.5 Å². The number of rotatable bonds is 1. The fraction of sp³-hybridized carbons (Fsp3) is 0.438. The molecule has 1 aromatic heterocycles. The number of pyridine rings is 1. The summed E-state index contributed by atoms with van der Waals surface area (Å²) in [5.41, 5.74) is 1.18. The average Bonchev–Trinajstić information content (AvgIpc) is 2.49. The van der Waals surface area contributed by atoms with Gasteiger partial charge in [-0.05, 0) is 24.4 Å². The highest BCUT2D eigenvalue weighted by Crippen LogP contribution is 2.18. The van der Waals surface area contributed by atoms with E-state index in [0.29, 0.717) is 0 Å². The van der Waals surface area contributed by atoms with Crippen molar-refractivity contribution in [3.8, 4) is 0 Å². The van der Waals surface area contributed by atoms with Crippen LogP contribution in [0.15, 0.2) is 29.1 Å².